The number of alkyl halides is 1. The van der Waals surface area contributed by atoms with Crippen LogP contribution >= 0.6 is 0 Å². The van der Waals surface area contributed by atoms with E-state index in [0.717, 1.165) is 26.8 Å². The van der Waals surface area contributed by atoms with Crippen molar-refractivity contribution < 1.29 is 52.9 Å². The molecule has 2 fully saturated rings. The predicted octanol–water partition coefficient (Wildman–Crippen LogP) is 1.38. The fourth-order valence-corrected chi connectivity index (χ4v) is 5.16. The van der Waals surface area contributed by atoms with Crippen molar-refractivity contribution in [2.75, 3.05) is 14.2 Å². The van der Waals surface area contributed by atoms with Crippen molar-refractivity contribution in [3.63, 3.8) is 0 Å². The first-order chi connectivity index (χ1) is 20.8. The molecule has 6 rings (SSSR count). The van der Waals surface area contributed by atoms with Crippen molar-refractivity contribution in [3.05, 3.63) is 70.3 Å². The number of carbonyl (C=O) groups is 8. The van der Waals surface area contributed by atoms with Crippen LogP contribution in [0.5, 0.6) is 0 Å². The Morgan fingerprint density at radius 1 is 0.744 bits per heavy atom. The van der Waals surface area contributed by atoms with E-state index in [0.29, 0.717) is 0 Å². The maximum atomic E-state index is 13.7. The summed E-state index contributed by atoms with van der Waals surface area (Å²) in [5.74, 6) is -6.80. The zero-order chi connectivity index (χ0) is 32.5. The van der Waals surface area contributed by atoms with Gasteiger partial charge >= 0.3 is 0 Å². The highest BCUT2D eigenvalue weighted by molar-refractivity contribution is 6.24. The Hall–Kier alpha value is -5.21. The van der Waals surface area contributed by atoms with Gasteiger partial charge in [0.25, 0.3) is 29.5 Å². The Labute approximate surface area is 242 Å². The molecule has 4 heterocycles. The summed E-state index contributed by atoms with van der Waals surface area (Å²) in [6, 6.07) is 5.39. The number of likely N-dealkylation sites (N-methyl/N-ethyl adjacent to an activating group) is 1. The quantitative estimate of drug-likeness (QED) is 0.506. The van der Waals surface area contributed by atoms with Gasteiger partial charge in [0.1, 0.15) is 23.7 Å². The highest BCUT2D eigenvalue weighted by Gasteiger charge is 2.48. The van der Waals surface area contributed by atoms with E-state index >= 15 is 0 Å². The van der Waals surface area contributed by atoms with Crippen LogP contribution in [0.15, 0.2) is 36.4 Å². The minimum Gasteiger partial charge on any atom is -0.295 e. The van der Waals surface area contributed by atoms with E-state index in [4.69, 9.17) is 1.37 Å². The van der Waals surface area contributed by atoms with E-state index in [9.17, 15) is 51.5 Å². The third-order valence-corrected chi connectivity index (χ3v) is 7.25. The highest BCUT2D eigenvalue weighted by Crippen LogP contribution is 2.31. The topological polar surface area (TPSA) is 158 Å². The standard InChI is InChI=1S/C14H11FN2O4.C13H9FN2O4.CH3F/c1-16-10(18)6-5-9(13(16)20)17-12(19)7-3-2-4-8(15)11(7)14(17)21;14-7-3-1-2-6-10(7)13(20)16(12(6)19)8-4-5-9(17)15-11(8)18;1-2/h2-4,9H,5-6H2,1H3;1-3,8H,4-5H2,(H,15,17,18);1H3/i;;1D. The number of benzene rings is 2. The molecule has 0 spiro atoms. The fourth-order valence-electron chi connectivity index (χ4n) is 5.16. The average molecular weight is 602 g/mol. The van der Waals surface area contributed by atoms with Gasteiger partial charge in [0.05, 0.1) is 30.8 Å². The number of piperidine rings is 2. The average Bonchev–Trinajstić information content (AvgIpc) is 3.38. The zero-order valence-electron chi connectivity index (χ0n) is 23.4. The normalized spacial score (nSPS) is 21.5. The SMILES string of the molecule is CN1C(=O)CCC(N2C(=O)c3cccc(F)c3C2=O)C1=O.O=C1CCC(N2C(=O)c3cccc(F)c3C2=O)C(=O)N1.[2H]CF. The Morgan fingerprint density at radius 3 is 1.67 bits per heavy atom. The van der Waals surface area contributed by atoms with Crippen molar-refractivity contribution in [1.29, 1.82) is 0 Å². The highest BCUT2D eigenvalue weighted by atomic mass is 19.1. The smallest absolute Gasteiger partial charge is 0.265 e. The molecular formula is C28H23F3N4O8. The molecule has 2 aromatic rings. The molecule has 15 heteroatoms. The second kappa shape index (κ2) is 12.0. The van der Waals surface area contributed by atoms with Crippen molar-refractivity contribution in [1.82, 2.24) is 20.0 Å². The summed E-state index contributed by atoms with van der Waals surface area (Å²) in [4.78, 5) is 97.7. The number of halogens is 3. The maximum absolute atomic E-state index is 13.7. The molecule has 0 radical (unpaired) electrons. The second-order valence-electron chi connectivity index (χ2n) is 9.60. The third kappa shape index (κ3) is 5.17. The van der Waals surface area contributed by atoms with Gasteiger partial charge in [-0.15, -0.1) is 0 Å². The van der Waals surface area contributed by atoms with Gasteiger partial charge < -0.3 is 0 Å². The van der Waals surface area contributed by atoms with Gasteiger partial charge in [-0.2, -0.15) is 0 Å². The van der Waals surface area contributed by atoms with E-state index < -0.39 is 72.2 Å². The largest absolute Gasteiger partial charge is 0.295 e. The molecule has 0 saturated carbocycles. The minimum atomic E-state index is -1.07. The van der Waals surface area contributed by atoms with E-state index in [-0.39, 0.29) is 53.8 Å². The van der Waals surface area contributed by atoms with Crippen molar-refractivity contribution in [2.45, 2.75) is 37.8 Å². The minimum absolute atomic E-state index is 0.0340. The first kappa shape index (κ1) is 29.3. The Morgan fingerprint density at radius 2 is 1.21 bits per heavy atom. The molecule has 4 aliphatic rings. The Balaban J connectivity index is 0.000000185. The molecule has 0 aliphatic carbocycles. The van der Waals surface area contributed by atoms with Crippen LogP contribution in [0.4, 0.5) is 13.2 Å². The third-order valence-electron chi connectivity index (χ3n) is 7.25. The van der Waals surface area contributed by atoms with Gasteiger partial charge in [0.15, 0.2) is 0 Å². The summed E-state index contributed by atoms with van der Waals surface area (Å²) >= 11 is 0. The van der Waals surface area contributed by atoms with Crippen molar-refractivity contribution >= 4 is 47.3 Å². The lowest BCUT2D eigenvalue weighted by atomic mass is 10.0. The number of hydrogen-bond donors (Lipinski definition) is 1. The predicted molar refractivity (Wildman–Crippen MR) is 138 cm³/mol. The first-order valence-corrected chi connectivity index (χ1v) is 12.7. The molecule has 0 aromatic heterocycles. The summed E-state index contributed by atoms with van der Waals surface area (Å²) in [5, 5.41) is 2.07. The van der Waals surface area contributed by atoms with Crippen LogP contribution in [-0.2, 0) is 19.2 Å². The zero-order valence-corrected chi connectivity index (χ0v) is 22.4. The molecule has 2 atom stereocenters. The van der Waals surface area contributed by atoms with Crippen LogP contribution in [0.3, 0.4) is 0 Å². The maximum Gasteiger partial charge on any atom is 0.265 e. The molecule has 4 aliphatic heterocycles. The van der Waals surface area contributed by atoms with Crippen LogP contribution < -0.4 is 5.32 Å². The Bertz CT molecular complexity index is 1630. The van der Waals surface area contributed by atoms with Gasteiger partial charge in [-0.05, 0) is 37.1 Å². The van der Waals surface area contributed by atoms with Gasteiger partial charge in [-0.1, -0.05) is 12.1 Å². The van der Waals surface area contributed by atoms with Crippen LogP contribution in [-0.4, -0.2) is 88.2 Å². The number of amides is 8. The van der Waals surface area contributed by atoms with Crippen LogP contribution in [0.1, 0.15) is 68.5 Å². The molecular weight excluding hydrogens is 577 g/mol. The molecule has 2 saturated heterocycles. The summed E-state index contributed by atoms with van der Waals surface area (Å²) < 4.78 is 42.9. The van der Waals surface area contributed by atoms with Gasteiger partial charge in [0.2, 0.25) is 17.7 Å². The Kier molecular flexibility index (Phi) is 8.14. The summed E-state index contributed by atoms with van der Waals surface area (Å²) in [5.41, 5.74) is -0.732. The second-order valence-corrected chi connectivity index (χ2v) is 9.60. The number of rotatable bonds is 2. The lowest BCUT2D eigenvalue weighted by molar-refractivity contribution is -0.149. The lowest BCUT2D eigenvalue weighted by Gasteiger charge is -2.32. The molecule has 1 N–H and O–H groups in total. The summed E-state index contributed by atoms with van der Waals surface area (Å²) in [6.45, 7) is 0. The molecule has 2 aromatic carbocycles. The number of likely N-dealkylation sites (tertiary alicyclic amines) is 1. The van der Waals surface area contributed by atoms with E-state index in [1.165, 1.54) is 31.3 Å². The molecule has 0 bridgehead atoms. The number of fused-ring (bicyclic) bond motifs is 2. The molecule has 224 valence electrons. The number of imide groups is 4. The molecule has 43 heavy (non-hydrogen) atoms. The van der Waals surface area contributed by atoms with Crippen molar-refractivity contribution in [2.24, 2.45) is 0 Å². The van der Waals surface area contributed by atoms with Crippen LogP contribution in [0, 0.1) is 11.6 Å². The molecule has 8 amide bonds. The number of carbonyl (C=O) groups excluding carboxylic acids is 8. The van der Waals surface area contributed by atoms with Gasteiger partial charge in [0, 0.05) is 19.9 Å². The fraction of sp³-hybridized carbons (Fsp3) is 0.286. The van der Waals surface area contributed by atoms with E-state index in [1.807, 2.05) is 0 Å². The first-order valence-electron chi connectivity index (χ1n) is 13.4. The van der Waals surface area contributed by atoms with Crippen LogP contribution in [0.25, 0.3) is 0 Å². The van der Waals surface area contributed by atoms with Gasteiger partial charge in [-0.25, -0.2) is 8.78 Å². The lowest BCUT2D eigenvalue weighted by Crippen LogP contribution is -2.54. The summed E-state index contributed by atoms with van der Waals surface area (Å²) in [6.07, 6.45) is 0.210. The van der Waals surface area contributed by atoms with E-state index in [2.05, 4.69) is 5.32 Å². The number of hydrogen-bond acceptors (Lipinski definition) is 8. The number of nitrogens with zero attached hydrogens (tertiary/aromatic N) is 3. The molecule has 2 unspecified atom stereocenters. The summed E-state index contributed by atoms with van der Waals surface area (Å²) in [7, 11) is 0.301. The van der Waals surface area contributed by atoms with Crippen molar-refractivity contribution in [3.8, 4) is 0 Å². The monoisotopic (exact) mass is 601 g/mol. The van der Waals surface area contributed by atoms with Crippen LogP contribution in [0.2, 0.25) is 0 Å². The van der Waals surface area contributed by atoms with Gasteiger partial charge in [-0.3, -0.25) is 62.8 Å². The number of nitrogens with one attached hydrogen (secondary N) is 1. The van der Waals surface area contributed by atoms with E-state index in [1.54, 1.807) is 0 Å². The molecule has 12 nitrogen and oxygen atoms in total.